The maximum absolute atomic E-state index is 12.1. The summed E-state index contributed by atoms with van der Waals surface area (Å²) in [4.78, 5) is 4.77. The third-order valence-corrected chi connectivity index (χ3v) is 7.71. The molecule has 0 saturated heterocycles. The number of methoxy groups -OCH3 is 1. The highest BCUT2D eigenvalue weighted by molar-refractivity contribution is 7.99. The number of nitrogens with zero attached hydrogens (tertiary/aromatic N) is 2. The van der Waals surface area contributed by atoms with Crippen LogP contribution in [-0.2, 0) is 10.8 Å². The molecule has 5 nitrogen and oxygen atoms in total. The number of pyridine rings is 1. The number of benzene rings is 2. The maximum atomic E-state index is 12.1. The van der Waals surface area contributed by atoms with Crippen LogP contribution in [0.4, 0.5) is 0 Å². The maximum Gasteiger partial charge on any atom is 0.118 e. The van der Waals surface area contributed by atoms with Gasteiger partial charge in [0.25, 0.3) is 0 Å². The fourth-order valence-electron chi connectivity index (χ4n) is 3.32. The lowest BCUT2D eigenvalue weighted by molar-refractivity contribution is 0.224. The van der Waals surface area contributed by atoms with Crippen LogP contribution in [0.2, 0.25) is 0 Å². The summed E-state index contributed by atoms with van der Waals surface area (Å²) in [5.74, 6) is 1.91. The summed E-state index contributed by atoms with van der Waals surface area (Å²) in [6, 6.07) is 21.6. The van der Waals surface area contributed by atoms with Crippen molar-refractivity contribution in [2.24, 2.45) is 0 Å². The first kappa shape index (κ1) is 25.0. The van der Waals surface area contributed by atoms with Crippen LogP contribution < -0.4 is 4.74 Å². The Morgan fingerprint density at radius 2 is 1.88 bits per heavy atom. The van der Waals surface area contributed by atoms with Gasteiger partial charge in [-0.1, -0.05) is 43.7 Å². The summed E-state index contributed by atoms with van der Waals surface area (Å²) in [7, 11) is 0.576. The van der Waals surface area contributed by atoms with Crippen molar-refractivity contribution in [2.45, 2.75) is 30.9 Å². The largest absolute Gasteiger partial charge is 0.497 e. The summed E-state index contributed by atoms with van der Waals surface area (Å²) >= 11 is 1.33. The lowest BCUT2D eigenvalue weighted by Crippen LogP contribution is -2.21. The molecule has 0 aliphatic rings. The molecule has 0 fully saturated rings. The van der Waals surface area contributed by atoms with Gasteiger partial charge in [0.1, 0.15) is 16.8 Å². The Morgan fingerprint density at radius 1 is 1.15 bits per heavy atom. The average molecular weight is 481 g/mol. The van der Waals surface area contributed by atoms with Crippen molar-refractivity contribution in [3.05, 3.63) is 66.2 Å². The summed E-state index contributed by atoms with van der Waals surface area (Å²) < 4.78 is 17.4. The Bertz CT molecular complexity index is 1110. The van der Waals surface area contributed by atoms with Gasteiger partial charge in [-0.25, -0.2) is 4.98 Å². The van der Waals surface area contributed by atoms with Gasteiger partial charge in [0.15, 0.2) is 0 Å². The van der Waals surface area contributed by atoms with Gasteiger partial charge in [-0.15, -0.1) is 11.8 Å². The van der Waals surface area contributed by atoms with Crippen molar-refractivity contribution in [2.75, 3.05) is 24.4 Å². The van der Waals surface area contributed by atoms with Crippen LogP contribution in [0, 0.1) is 11.3 Å². The number of nitriles is 1. The van der Waals surface area contributed by atoms with Crippen molar-refractivity contribution in [1.29, 1.82) is 5.26 Å². The highest BCUT2D eigenvalue weighted by Crippen LogP contribution is 2.34. The van der Waals surface area contributed by atoms with E-state index < -0.39 is 16.9 Å². The first-order valence-corrected chi connectivity index (χ1v) is 13.3. The van der Waals surface area contributed by atoms with E-state index in [9.17, 15) is 14.6 Å². The minimum atomic E-state index is -1.05. The van der Waals surface area contributed by atoms with Crippen molar-refractivity contribution in [1.82, 2.24) is 4.98 Å². The van der Waals surface area contributed by atoms with Gasteiger partial charge >= 0.3 is 0 Å². The number of hydrogen-bond acceptors (Lipinski definition) is 6. The van der Waals surface area contributed by atoms with Gasteiger partial charge < -0.3 is 9.84 Å². The van der Waals surface area contributed by atoms with E-state index in [1.165, 1.54) is 11.8 Å². The third kappa shape index (κ3) is 6.91. The number of aromatic nitrogens is 1. The Balaban J connectivity index is 1.93. The second-order valence-electron chi connectivity index (χ2n) is 7.57. The second kappa shape index (κ2) is 12.5. The standard InChI is InChI=1S/C26H28N2O3S2/c1-3-4-14-33(30)18-21(29)17-32-26-24(16-27)23(19-8-6-5-7-9-19)15-25(28-26)20-10-12-22(31-2)13-11-20/h5-13,15,21,29H,3-4,14,17-18H2,1-2H3/t21-,33+/m1/s1. The molecule has 2 aromatic carbocycles. The highest BCUT2D eigenvalue weighted by atomic mass is 32.2. The fraction of sp³-hybridized carbons (Fsp3) is 0.308. The van der Waals surface area contributed by atoms with Gasteiger partial charge in [0, 0.05) is 33.4 Å². The molecule has 0 spiro atoms. The number of ether oxygens (including phenoxy) is 1. The molecule has 3 rings (SSSR count). The zero-order chi connectivity index (χ0) is 23.6. The van der Waals surface area contributed by atoms with E-state index in [-0.39, 0.29) is 5.75 Å². The van der Waals surface area contributed by atoms with E-state index in [0.29, 0.717) is 22.1 Å². The molecule has 1 aromatic heterocycles. The van der Waals surface area contributed by atoms with E-state index in [1.807, 2.05) is 60.7 Å². The summed E-state index contributed by atoms with van der Waals surface area (Å²) in [6.45, 7) is 2.05. The molecule has 0 aliphatic carbocycles. The lowest BCUT2D eigenvalue weighted by Gasteiger charge is -2.14. The van der Waals surface area contributed by atoms with Crippen LogP contribution >= 0.6 is 11.8 Å². The number of aliphatic hydroxyl groups is 1. The van der Waals surface area contributed by atoms with Crippen molar-refractivity contribution < 1.29 is 14.1 Å². The molecular formula is C26H28N2O3S2. The van der Waals surface area contributed by atoms with E-state index in [1.54, 1.807) is 7.11 Å². The van der Waals surface area contributed by atoms with E-state index in [4.69, 9.17) is 9.72 Å². The average Bonchev–Trinajstić information content (AvgIpc) is 2.86. The summed E-state index contributed by atoms with van der Waals surface area (Å²) in [5.41, 5.74) is 3.83. The van der Waals surface area contributed by atoms with E-state index >= 15 is 0 Å². The van der Waals surface area contributed by atoms with Crippen LogP contribution in [0.3, 0.4) is 0 Å². The first-order valence-electron chi connectivity index (χ1n) is 10.9. The smallest absolute Gasteiger partial charge is 0.118 e. The molecule has 2 atom stereocenters. The minimum absolute atomic E-state index is 0.235. The molecule has 0 aliphatic heterocycles. The van der Waals surface area contributed by atoms with E-state index in [0.717, 1.165) is 41.0 Å². The van der Waals surface area contributed by atoms with Crippen LogP contribution in [0.5, 0.6) is 5.75 Å². The molecule has 0 bridgehead atoms. The molecule has 0 unspecified atom stereocenters. The van der Waals surface area contributed by atoms with E-state index in [2.05, 4.69) is 13.0 Å². The van der Waals surface area contributed by atoms with Gasteiger partial charge in [0.05, 0.1) is 30.2 Å². The number of aliphatic hydroxyl groups excluding tert-OH is 1. The van der Waals surface area contributed by atoms with Crippen molar-refractivity contribution >= 4 is 22.6 Å². The van der Waals surface area contributed by atoms with Gasteiger partial charge in [-0.05, 0) is 42.3 Å². The molecule has 7 heteroatoms. The molecule has 3 aromatic rings. The van der Waals surface area contributed by atoms with Gasteiger partial charge in [-0.3, -0.25) is 4.21 Å². The Labute approximate surface area is 202 Å². The molecule has 0 amide bonds. The molecular weight excluding hydrogens is 452 g/mol. The van der Waals surface area contributed by atoms with Crippen molar-refractivity contribution in [3.8, 4) is 34.2 Å². The zero-order valence-corrected chi connectivity index (χ0v) is 20.5. The van der Waals surface area contributed by atoms with Crippen LogP contribution in [-0.4, -0.2) is 44.8 Å². The predicted octanol–water partition coefficient (Wildman–Crippen LogP) is 5.30. The molecule has 1 N–H and O–H groups in total. The lowest BCUT2D eigenvalue weighted by atomic mass is 9.99. The normalized spacial score (nSPS) is 12.7. The molecule has 0 saturated carbocycles. The van der Waals surface area contributed by atoms with Crippen LogP contribution in [0.15, 0.2) is 65.7 Å². The number of hydrogen-bond donors (Lipinski definition) is 1. The quantitative estimate of drug-likeness (QED) is 0.375. The first-order chi connectivity index (χ1) is 16.0. The Hall–Kier alpha value is -2.66. The van der Waals surface area contributed by atoms with Crippen molar-refractivity contribution in [3.63, 3.8) is 0 Å². The van der Waals surface area contributed by atoms with Gasteiger partial charge in [-0.2, -0.15) is 5.26 Å². The minimum Gasteiger partial charge on any atom is -0.497 e. The highest BCUT2D eigenvalue weighted by Gasteiger charge is 2.18. The third-order valence-electron chi connectivity index (χ3n) is 5.08. The molecule has 33 heavy (non-hydrogen) atoms. The number of rotatable bonds is 11. The second-order valence-corrected chi connectivity index (χ2v) is 10.2. The monoisotopic (exact) mass is 480 g/mol. The molecule has 0 radical (unpaired) electrons. The van der Waals surface area contributed by atoms with Gasteiger partial charge in [0.2, 0.25) is 0 Å². The number of thioether (sulfide) groups is 1. The Morgan fingerprint density at radius 3 is 2.52 bits per heavy atom. The topological polar surface area (TPSA) is 83.2 Å². The molecule has 1 heterocycles. The SMILES string of the molecule is CCCC[S@](=O)C[C@H](O)CSc1nc(-c2ccc(OC)cc2)cc(-c2ccccc2)c1C#N. The summed E-state index contributed by atoms with van der Waals surface area (Å²) in [6.07, 6.45) is 1.13. The predicted molar refractivity (Wildman–Crippen MR) is 136 cm³/mol. The van der Waals surface area contributed by atoms with Crippen LogP contribution in [0.1, 0.15) is 25.3 Å². The van der Waals surface area contributed by atoms with Crippen LogP contribution in [0.25, 0.3) is 22.4 Å². The number of unbranched alkanes of at least 4 members (excludes halogenated alkanes) is 1. The fourth-order valence-corrected chi connectivity index (χ4v) is 5.72. The molecule has 172 valence electrons. The zero-order valence-electron chi connectivity index (χ0n) is 18.9. The summed E-state index contributed by atoms with van der Waals surface area (Å²) in [5, 5.41) is 21.0. The Kier molecular flexibility index (Phi) is 9.49.